The number of hydrogen-bond donors (Lipinski definition) is 0. The fraction of sp³-hybridized carbons (Fsp3) is 0.0714. The van der Waals surface area contributed by atoms with E-state index in [2.05, 4.69) is 0 Å². The molecule has 0 amide bonds. The quantitative estimate of drug-likeness (QED) is 0.646. The molecule has 1 aromatic rings. The first-order chi connectivity index (χ1) is 9.15. The summed E-state index contributed by atoms with van der Waals surface area (Å²) in [4.78, 5) is 11.8. The molecule has 1 aromatic carbocycles. The number of allylic oxidation sites excluding steroid dienone is 2. The Kier molecular flexibility index (Phi) is 2.83. The zero-order valence-corrected chi connectivity index (χ0v) is 9.56. The average molecular weight is 244 g/mol. The van der Waals surface area contributed by atoms with Crippen molar-refractivity contribution in [3.8, 4) is 24.3 Å². The van der Waals surface area contributed by atoms with E-state index in [0.29, 0.717) is 11.1 Å². The van der Waals surface area contributed by atoms with Crippen molar-refractivity contribution < 1.29 is 4.79 Å². The Bertz CT molecular complexity index is 788. The Hall–Kier alpha value is -3.41. The van der Waals surface area contributed by atoms with Crippen LogP contribution in [0.15, 0.2) is 17.7 Å². The maximum atomic E-state index is 11.8. The van der Waals surface area contributed by atoms with Crippen molar-refractivity contribution in [2.45, 2.75) is 6.42 Å². The van der Waals surface area contributed by atoms with Gasteiger partial charge in [0, 0.05) is 12.0 Å². The van der Waals surface area contributed by atoms with Crippen LogP contribution in [0.5, 0.6) is 0 Å². The van der Waals surface area contributed by atoms with Gasteiger partial charge in [-0.15, -0.1) is 0 Å². The second-order valence-electron chi connectivity index (χ2n) is 3.84. The van der Waals surface area contributed by atoms with E-state index >= 15 is 0 Å². The van der Waals surface area contributed by atoms with Gasteiger partial charge in [0.1, 0.15) is 29.8 Å². The van der Waals surface area contributed by atoms with Crippen LogP contribution in [0.3, 0.4) is 0 Å². The predicted molar refractivity (Wildman–Crippen MR) is 63.0 cm³/mol. The van der Waals surface area contributed by atoms with Crippen LogP contribution in [-0.2, 0) is 0 Å². The first-order valence-corrected chi connectivity index (χ1v) is 5.21. The third-order valence-corrected chi connectivity index (χ3v) is 2.89. The Morgan fingerprint density at radius 2 is 1.47 bits per heavy atom. The van der Waals surface area contributed by atoms with E-state index in [9.17, 15) is 4.79 Å². The normalized spacial score (nSPS) is 11.8. The molecule has 0 spiro atoms. The van der Waals surface area contributed by atoms with E-state index in [1.807, 2.05) is 12.1 Å². The molecular formula is C14H4N4O. The molecule has 0 unspecified atom stereocenters. The summed E-state index contributed by atoms with van der Waals surface area (Å²) < 4.78 is 0. The molecule has 0 atom stereocenters. The molecule has 0 fully saturated rings. The Labute approximate surface area is 108 Å². The van der Waals surface area contributed by atoms with E-state index in [1.54, 1.807) is 12.1 Å². The molecule has 5 nitrogen and oxygen atoms in total. The largest absolute Gasteiger partial charge is 0.294 e. The van der Waals surface area contributed by atoms with Gasteiger partial charge < -0.3 is 0 Å². The summed E-state index contributed by atoms with van der Waals surface area (Å²) in [6, 6.07) is 9.93. The SMILES string of the molecule is N#CC(C#N)=C1CC(=O)c2cc(C#N)c(C#N)cc21. The number of carbonyl (C=O) groups excluding carboxylic acids is 1. The standard InChI is InChI=1S/C14H4N4O/c15-4-8-1-12-11(10(6-17)7-18)3-14(19)13(12)2-9(8)5-16/h1-2H,3H2. The minimum Gasteiger partial charge on any atom is -0.294 e. The zero-order chi connectivity index (χ0) is 14.0. The first kappa shape index (κ1) is 12.1. The number of benzene rings is 1. The molecule has 1 aliphatic carbocycles. The number of fused-ring (bicyclic) bond motifs is 1. The van der Waals surface area contributed by atoms with Gasteiger partial charge in [-0.25, -0.2) is 0 Å². The number of nitrogens with zero attached hydrogens (tertiary/aromatic N) is 4. The van der Waals surface area contributed by atoms with Gasteiger partial charge >= 0.3 is 0 Å². The molecule has 0 bridgehead atoms. The van der Waals surface area contributed by atoms with Crippen molar-refractivity contribution in [1.82, 2.24) is 0 Å². The van der Waals surface area contributed by atoms with Crippen molar-refractivity contribution >= 4 is 11.4 Å². The lowest BCUT2D eigenvalue weighted by molar-refractivity contribution is 0.100. The molecule has 86 valence electrons. The van der Waals surface area contributed by atoms with Crippen LogP contribution >= 0.6 is 0 Å². The highest BCUT2D eigenvalue weighted by Gasteiger charge is 2.28. The Balaban J connectivity index is 2.83. The van der Waals surface area contributed by atoms with E-state index in [1.165, 1.54) is 12.1 Å². The summed E-state index contributed by atoms with van der Waals surface area (Å²) in [5.74, 6) is -0.256. The topological polar surface area (TPSA) is 112 Å². The van der Waals surface area contributed by atoms with Crippen molar-refractivity contribution in [2.24, 2.45) is 0 Å². The van der Waals surface area contributed by atoms with Crippen LogP contribution in [0.1, 0.15) is 33.5 Å². The maximum Gasteiger partial charge on any atom is 0.167 e. The predicted octanol–water partition coefficient (Wildman–Crippen LogP) is 1.82. The summed E-state index contributed by atoms with van der Waals surface area (Å²) in [5.41, 5.74) is 1.12. The summed E-state index contributed by atoms with van der Waals surface area (Å²) in [5, 5.41) is 35.6. The molecule has 0 N–H and O–H groups in total. The number of Topliss-reactive ketones (excluding diaryl/α,β-unsaturated/α-hetero) is 1. The van der Waals surface area contributed by atoms with Crippen LogP contribution in [-0.4, -0.2) is 5.78 Å². The average Bonchev–Trinajstić information content (AvgIpc) is 2.75. The van der Waals surface area contributed by atoms with Crippen LogP contribution < -0.4 is 0 Å². The molecule has 0 radical (unpaired) electrons. The number of nitriles is 4. The van der Waals surface area contributed by atoms with Crippen LogP contribution in [0.2, 0.25) is 0 Å². The highest BCUT2D eigenvalue weighted by molar-refractivity contribution is 6.13. The van der Waals surface area contributed by atoms with Gasteiger partial charge in [-0.05, 0) is 23.3 Å². The molecule has 0 aliphatic heterocycles. The molecule has 19 heavy (non-hydrogen) atoms. The molecule has 0 saturated carbocycles. The third-order valence-electron chi connectivity index (χ3n) is 2.89. The summed E-state index contributed by atoms with van der Waals surface area (Å²) in [7, 11) is 0. The van der Waals surface area contributed by atoms with Gasteiger partial charge in [-0.2, -0.15) is 21.0 Å². The second-order valence-corrected chi connectivity index (χ2v) is 3.84. The first-order valence-electron chi connectivity index (χ1n) is 5.21. The number of ketones is 1. The fourth-order valence-corrected chi connectivity index (χ4v) is 2.00. The van der Waals surface area contributed by atoms with Crippen molar-refractivity contribution in [3.63, 3.8) is 0 Å². The molecule has 0 saturated heterocycles. The highest BCUT2D eigenvalue weighted by Crippen LogP contribution is 2.35. The summed E-state index contributed by atoms with van der Waals surface area (Å²) >= 11 is 0. The molecule has 2 rings (SSSR count). The summed E-state index contributed by atoms with van der Waals surface area (Å²) in [6.07, 6.45) is -0.0501. The van der Waals surface area contributed by atoms with Crippen LogP contribution in [0.25, 0.3) is 5.57 Å². The number of hydrogen-bond acceptors (Lipinski definition) is 5. The monoisotopic (exact) mass is 244 g/mol. The van der Waals surface area contributed by atoms with Gasteiger partial charge in [0.2, 0.25) is 0 Å². The number of carbonyl (C=O) groups is 1. The lowest BCUT2D eigenvalue weighted by Gasteiger charge is -2.02. The van der Waals surface area contributed by atoms with Gasteiger partial charge in [0.15, 0.2) is 5.78 Å². The van der Waals surface area contributed by atoms with Crippen molar-refractivity contribution in [2.75, 3.05) is 0 Å². The van der Waals surface area contributed by atoms with Gasteiger partial charge in [0.05, 0.1) is 11.1 Å². The van der Waals surface area contributed by atoms with Crippen molar-refractivity contribution in [1.29, 1.82) is 21.0 Å². The van der Waals surface area contributed by atoms with Gasteiger partial charge in [0.25, 0.3) is 0 Å². The van der Waals surface area contributed by atoms with Crippen LogP contribution in [0, 0.1) is 45.3 Å². The summed E-state index contributed by atoms with van der Waals surface area (Å²) in [6.45, 7) is 0. The maximum absolute atomic E-state index is 11.8. The lowest BCUT2D eigenvalue weighted by Crippen LogP contribution is -1.94. The zero-order valence-electron chi connectivity index (χ0n) is 9.56. The van der Waals surface area contributed by atoms with Crippen LogP contribution in [0.4, 0.5) is 0 Å². The minimum absolute atomic E-state index is 0.0501. The highest BCUT2D eigenvalue weighted by atomic mass is 16.1. The van der Waals surface area contributed by atoms with Gasteiger partial charge in [-0.3, -0.25) is 4.79 Å². The van der Waals surface area contributed by atoms with Gasteiger partial charge in [-0.1, -0.05) is 0 Å². The number of rotatable bonds is 0. The molecule has 1 aliphatic rings. The minimum atomic E-state index is -0.256. The fourth-order valence-electron chi connectivity index (χ4n) is 2.00. The molecule has 0 heterocycles. The van der Waals surface area contributed by atoms with E-state index < -0.39 is 0 Å². The lowest BCUT2D eigenvalue weighted by atomic mass is 9.98. The van der Waals surface area contributed by atoms with E-state index in [-0.39, 0.29) is 34.5 Å². The Morgan fingerprint density at radius 1 is 0.947 bits per heavy atom. The smallest absolute Gasteiger partial charge is 0.167 e. The third kappa shape index (κ3) is 1.73. The van der Waals surface area contributed by atoms with E-state index in [4.69, 9.17) is 21.0 Å². The second kappa shape index (κ2) is 4.46. The van der Waals surface area contributed by atoms with Crippen molar-refractivity contribution in [3.05, 3.63) is 40.0 Å². The van der Waals surface area contributed by atoms with E-state index in [0.717, 1.165) is 0 Å². The molecular weight excluding hydrogens is 240 g/mol. The Morgan fingerprint density at radius 3 is 1.95 bits per heavy atom. The molecule has 0 aromatic heterocycles. The molecule has 5 heteroatoms.